The van der Waals surface area contributed by atoms with Crippen LogP contribution in [0.1, 0.15) is 17.5 Å². The molecule has 2 heterocycles. The third kappa shape index (κ3) is 3.12. The Kier molecular flexibility index (Phi) is 4.28. The van der Waals surface area contributed by atoms with Crippen LogP contribution >= 0.6 is 15.9 Å². The molecule has 0 aliphatic rings. The summed E-state index contributed by atoms with van der Waals surface area (Å²) in [7, 11) is 0. The lowest BCUT2D eigenvalue weighted by Crippen LogP contribution is -2.10. The molecule has 0 fully saturated rings. The lowest BCUT2D eigenvalue weighted by Gasteiger charge is -2.12. The number of H-pyrrole nitrogens is 1. The third-order valence-corrected chi connectivity index (χ3v) is 4.15. The number of halogens is 4. The van der Waals surface area contributed by atoms with Crippen molar-refractivity contribution in [3.05, 3.63) is 46.1 Å². The van der Waals surface area contributed by atoms with Crippen LogP contribution in [0, 0.1) is 11.3 Å². The van der Waals surface area contributed by atoms with E-state index in [1.165, 1.54) is 0 Å². The summed E-state index contributed by atoms with van der Waals surface area (Å²) >= 11 is 3.23. The summed E-state index contributed by atoms with van der Waals surface area (Å²) in [5.41, 5.74) is 1.70. The Hall–Kier alpha value is -2.40. The minimum Gasteiger partial charge on any atom is -0.269 e. The quantitative estimate of drug-likeness (QED) is 0.696. The highest BCUT2D eigenvalue weighted by Gasteiger charge is 2.29. The topological polar surface area (TPSA) is 65.4 Å². The van der Waals surface area contributed by atoms with Gasteiger partial charge in [-0.1, -0.05) is 30.3 Å². The fourth-order valence-corrected chi connectivity index (χ4v) is 3.04. The van der Waals surface area contributed by atoms with Gasteiger partial charge in [-0.05, 0) is 27.9 Å². The normalized spacial score (nSPS) is 11.6. The highest BCUT2D eigenvalue weighted by molar-refractivity contribution is 9.10. The molecule has 1 aromatic carbocycles. The molecule has 24 heavy (non-hydrogen) atoms. The molecule has 0 aliphatic carbocycles. The largest absolute Gasteiger partial charge is 0.389 e. The summed E-state index contributed by atoms with van der Waals surface area (Å²) in [6.45, 7) is 0. The molecule has 0 spiro atoms. The second-order valence-electron chi connectivity index (χ2n) is 5.14. The van der Waals surface area contributed by atoms with Gasteiger partial charge in [0.15, 0.2) is 5.65 Å². The van der Waals surface area contributed by atoms with Gasteiger partial charge < -0.3 is 0 Å². The van der Waals surface area contributed by atoms with Crippen molar-refractivity contribution < 1.29 is 13.2 Å². The molecule has 8 heteroatoms. The Morgan fingerprint density at radius 2 is 1.92 bits per heavy atom. The molecule has 0 atom stereocenters. The number of benzene rings is 1. The molecule has 1 N–H and O–H groups in total. The summed E-state index contributed by atoms with van der Waals surface area (Å²) in [6, 6.07) is 10.9. The molecule has 0 unspecified atom stereocenters. The minimum absolute atomic E-state index is 0.139. The first kappa shape index (κ1) is 16.5. The zero-order chi connectivity index (χ0) is 17.3. The van der Waals surface area contributed by atoms with Gasteiger partial charge in [0.05, 0.1) is 16.6 Å². The Morgan fingerprint density at radius 1 is 1.21 bits per heavy atom. The first-order chi connectivity index (χ1) is 11.4. The number of fused-ring (bicyclic) bond motifs is 1. The van der Waals surface area contributed by atoms with Crippen molar-refractivity contribution in [1.29, 1.82) is 5.26 Å². The molecule has 3 rings (SSSR count). The van der Waals surface area contributed by atoms with E-state index in [0.29, 0.717) is 26.8 Å². The fraction of sp³-hybridized carbons (Fsp3) is 0.188. The average molecular weight is 395 g/mol. The van der Waals surface area contributed by atoms with Gasteiger partial charge >= 0.3 is 6.18 Å². The lowest BCUT2D eigenvalue weighted by atomic mass is 9.96. The van der Waals surface area contributed by atoms with Gasteiger partial charge in [0.25, 0.3) is 0 Å². The Bertz CT molecular complexity index is 926. The van der Waals surface area contributed by atoms with E-state index in [1.54, 1.807) is 24.3 Å². The number of alkyl halides is 3. The number of nitrogens with one attached hydrogen (secondary N) is 1. The monoisotopic (exact) mass is 394 g/mol. The van der Waals surface area contributed by atoms with Crippen molar-refractivity contribution >= 4 is 27.0 Å². The smallest absolute Gasteiger partial charge is 0.269 e. The van der Waals surface area contributed by atoms with Gasteiger partial charge in [-0.3, -0.25) is 5.10 Å². The first-order valence-electron chi connectivity index (χ1n) is 6.99. The molecule has 2 aromatic heterocycles. The van der Waals surface area contributed by atoms with Crippen LogP contribution in [0.3, 0.4) is 0 Å². The highest BCUT2D eigenvalue weighted by atomic mass is 79.9. The van der Waals surface area contributed by atoms with E-state index in [1.807, 2.05) is 12.1 Å². The number of hydrogen-bond donors (Lipinski definition) is 1. The van der Waals surface area contributed by atoms with E-state index in [2.05, 4.69) is 31.1 Å². The fourth-order valence-electron chi connectivity index (χ4n) is 2.53. The van der Waals surface area contributed by atoms with Crippen molar-refractivity contribution in [1.82, 2.24) is 15.2 Å². The number of nitrogens with zero attached hydrogens (tertiary/aromatic N) is 3. The van der Waals surface area contributed by atoms with Crippen LogP contribution in [0.4, 0.5) is 13.2 Å². The minimum atomic E-state index is -4.31. The molecular weight excluding hydrogens is 385 g/mol. The highest BCUT2D eigenvalue weighted by Crippen LogP contribution is 2.34. The van der Waals surface area contributed by atoms with Crippen molar-refractivity contribution in [2.45, 2.75) is 19.0 Å². The number of pyridine rings is 1. The molecule has 0 saturated heterocycles. The Balaban J connectivity index is 2.26. The zero-order valence-corrected chi connectivity index (χ0v) is 13.7. The summed E-state index contributed by atoms with van der Waals surface area (Å²) < 4.78 is 38.5. The van der Waals surface area contributed by atoms with Crippen LogP contribution < -0.4 is 0 Å². The molecule has 0 aliphatic heterocycles. The summed E-state index contributed by atoms with van der Waals surface area (Å²) in [5, 5.41) is 16.6. The molecule has 122 valence electrons. The second kappa shape index (κ2) is 6.24. The van der Waals surface area contributed by atoms with E-state index in [4.69, 9.17) is 0 Å². The van der Waals surface area contributed by atoms with E-state index < -0.39 is 12.6 Å². The first-order valence-corrected chi connectivity index (χ1v) is 7.78. The number of aromatic nitrogens is 3. The van der Waals surface area contributed by atoms with Crippen LogP contribution in [0.15, 0.2) is 34.9 Å². The van der Waals surface area contributed by atoms with E-state index in [-0.39, 0.29) is 17.6 Å². The van der Waals surface area contributed by atoms with Crippen molar-refractivity contribution in [2.24, 2.45) is 0 Å². The second-order valence-corrected chi connectivity index (χ2v) is 5.94. The molecule has 0 radical (unpaired) electrons. The van der Waals surface area contributed by atoms with Crippen LogP contribution in [-0.4, -0.2) is 21.4 Å². The van der Waals surface area contributed by atoms with Gasteiger partial charge in [-0.2, -0.15) is 23.5 Å². The summed E-state index contributed by atoms with van der Waals surface area (Å²) in [5.74, 6) is 0. The standard InChI is InChI=1S/C16H10BrF3N4/c17-14-12-10(6-7-16(18,19)20)11(8-21)13(22-15(12)24-23-14)9-4-2-1-3-5-9/h1-5H,6-7H2,(H,22,23,24). The van der Waals surface area contributed by atoms with Crippen molar-refractivity contribution in [2.75, 3.05) is 0 Å². The summed E-state index contributed by atoms with van der Waals surface area (Å²) in [4.78, 5) is 4.37. The van der Waals surface area contributed by atoms with Crippen LogP contribution in [0.5, 0.6) is 0 Å². The number of hydrogen-bond acceptors (Lipinski definition) is 3. The van der Waals surface area contributed by atoms with Crippen LogP contribution in [0.2, 0.25) is 0 Å². The van der Waals surface area contributed by atoms with E-state index in [9.17, 15) is 18.4 Å². The predicted molar refractivity (Wildman–Crippen MR) is 86.1 cm³/mol. The van der Waals surface area contributed by atoms with Crippen LogP contribution in [0.25, 0.3) is 22.3 Å². The molecule has 0 amide bonds. The number of rotatable bonds is 3. The van der Waals surface area contributed by atoms with Gasteiger partial charge in [0, 0.05) is 12.0 Å². The lowest BCUT2D eigenvalue weighted by molar-refractivity contribution is -0.133. The third-order valence-electron chi connectivity index (χ3n) is 3.58. The predicted octanol–water partition coefficient (Wildman–Crippen LogP) is 4.75. The van der Waals surface area contributed by atoms with Gasteiger partial charge in [0.1, 0.15) is 10.7 Å². The van der Waals surface area contributed by atoms with Gasteiger partial charge in [-0.25, -0.2) is 4.98 Å². The Morgan fingerprint density at radius 3 is 2.54 bits per heavy atom. The molecule has 0 saturated carbocycles. The SMILES string of the molecule is N#Cc1c(-c2ccccc2)nc2n[nH]c(Br)c2c1CCC(F)(F)F. The molecule has 0 bridgehead atoms. The number of aryl methyl sites for hydroxylation is 1. The maximum atomic E-state index is 12.7. The maximum Gasteiger partial charge on any atom is 0.389 e. The van der Waals surface area contributed by atoms with Gasteiger partial charge in [-0.15, -0.1) is 0 Å². The zero-order valence-electron chi connectivity index (χ0n) is 12.2. The Labute approximate surface area is 143 Å². The van der Waals surface area contributed by atoms with Gasteiger partial charge in [0.2, 0.25) is 0 Å². The van der Waals surface area contributed by atoms with E-state index in [0.717, 1.165) is 0 Å². The summed E-state index contributed by atoms with van der Waals surface area (Å²) in [6.07, 6.45) is -5.65. The van der Waals surface area contributed by atoms with E-state index >= 15 is 0 Å². The molecule has 4 nitrogen and oxygen atoms in total. The van der Waals surface area contributed by atoms with Crippen molar-refractivity contribution in [3.63, 3.8) is 0 Å². The van der Waals surface area contributed by atoms with Crippen LogP contribution in [-0.2, 0) is 6.42 Å². The number of nitriles is 1. The maximum absolute atomic E-state index is 12.7. The molecular formula is C16H10BrF3N4. The average Bonchev–Trinajstić information content (AvgIpc) is 2.93. The molecule has 3 aromatic rings. The number of aromatic amines is 1. The van der Waals surface area contributed by atoms with Crippen molar-refractivity contribution in [3.8, 4) is 17.3 Å².